The molecule has 96 valence electrons. The van der Waals surface area contributed by atoms with Crippen molar-refractivity contribution in [3.05, 3.63) is 33.9 Å². The molecule has 1 rings (SSSR count). The fraction of sp³-hybridized carbons (Fsp3) is 0.273. The SMILES string of the molecule is CC(C)C(=O)Oc1ccc([N+](=O)[O-])c(C(=O)[O-])c1. The van der Waals surface area contributed by atoms with Crippen LogP contribution in [0.2, 0.25) is 0 Å². The Morgan fingerprint density at radius 1 is 1.33 bits per heavy atom. The molecule has 0 unspecified atom stereocenters. The Balaban J connectivity index is 3.12. The van der Waals surface area contributed by atoms with Crippen LogP contribution in [-0.2, 0) is 4.79 Å². The van der Waals surface area contributed by atoms with Crippen LogP contribution in [0.5, 0.6) is 5.75 Å². The summed E-state index contributed by atoms with van der Waals surface area (Å²) in [5.41, 5.74) is -1.24. The highest BCUT2D eigenvalue weighted by molar-refractivity contribution is 5.91. The molecule has 0 N–H and O–H groups in total. The van der Waals surface area contributed by atoms with Gasteiger partial charge in [0.25, 0.3) is 5.69 Å². The summed E-state index contributed by atoms with van der Waals surface area (Å²) in [5, 5.41) is 21.3. The minimum absolute atomic E-state index is 0.0708. The van der Waals surface area contributed by atoms with Crippen LogP contribution in [0.3, 0.4) is 0 Å². The summed E-state index contributed by atoms with van der Waals surface area (Å²) in [4.78, 5) is 31.8. The minimum Gasteiger partial charge on any atom is -0.545 e. The minimum atomic E-state index is -1.70. The molecule has 18 heavy (non-hydrogen) atoms. The van der Waals surface area contributed by atoms with Crippen molar-refractivity contribution in [1.82, 2.24) is 0 Å². The number of aromatic carboxylic acids is 1. The van der Waals surface area contributed by atoms with Crippen LogP contribution < -0.4 is 9.84 Å². The third kappa shape index (κ3) is 3.03. The largest absolute Gasteiger partial charge is 0.545 e. The number of carbonyl (C=O) groups excluding carboxylic acids is 2. The second-order valence-electron chi connectivity index (χ2n) is 3.80. The smallest absolute Gasteiger partial charge is 0.313 e. The molecule has 1 aromatic rings. The van der Waals surface area contributed by atoms with Crippen molar-refractivity contribution in [2.75, 3.05) is 0 Å². The predicted molar refractivity (Wildman–Crippen MR) is 57.9 cm³/mol. The number of carboxylic acid groups (broad SMARTS) is 1. The molecule has 0 amide bonds. The zero-order valence-electron chi connectivity index (χ0n) is 9.71. The van der Waals surface area contributed by atoms with E-state index in [1.807, 2.05) is 0 Å². The molecule has 0 spiro atoms. The molecule has 0 aromatic heterocycles. The number of ether oxygens (including phenoxy) is 1. The first-order valence-electron chi connectivity index (χ1n) is 5.04. The lowest BCUT2D eigenvalue weighted by atomic mass is 10.1. The monoisotopic (exact) mass is 252 g/mol. The van der Waals surface area contributed by atoms with Crippen LogP contribution >= 0.6 is 0 Å². The lowest BCUT2D eigenvalue weighted by molar-refractivity contribution is -0.385. The quantitative estimate of drug-likeness (QED) is 0.334. The van der Waals surface area contributed by atoms with E-state index in [1.165, 1.54) is 0 Å². The highest BCUT2D eigenvalue weighted by Gasteiger charge is 2.17. The maximum Gasteiger partial charge on any atom is 0.313 e. The number of nitrogens with zero attached hydrogens (tertiary/aromatic N) is 1. The number of nitro groups is 1. The number of benzene rings is 1. The standard InChI is InChI=1S/C11H11NO6/c1-6(2)11(15)18-7-3-4-9(12(16)17)8(5-7)10(13)14/h3-6H,1-2H3,(H,13,14)/p-1. The molecule has 0 atom stereocenters. The Labute approximate surface area is 102 Å². The Morgan fingerprint density at radius 3 is 2.39 bits per heavy atom. The molecule has 0 saturated heterocycles. The first kappa shape index (κ1) is 13.6. The number of carboxylic acids is 1. The molecule has 1 aromatic carbocycles. The van der Waals surface area contributed by atoms with Gasteiger partial charge in [-0.2, -0.15) is 0 Å². The van der Waals surface area contributed by atoms with Crippen molar-refractivity contribution in [3.63, 3.8) is 0 Å². The summed E-state index contributed by atoms with van der Waals surface area (Å²) in [6.45, 7) is 3.21. The van der Waals surface area contributed by atoms with E-state index in [9.17, 15) is 24.8 Å². The summed E-state index contributed by atoms with van der Waals surface area (Å²) in [6.07, 6.45) is 0. The number of hydrogen-bond donors (Lipinski definition) is 0. The highest BCUT2D eigenvalue weighted by atomic mass is 16.6. The van der Waals surface area contributed by atoms with E-state index in [4.69, 9.17) is 4.74 Å². The summed E-state index contributed by atoms with van der Waals surface area (Å²) in [5.74, 6) is -2.73. The zero-order valence-corrected chi connectivity index (χ0v) is 9.71. The average Bonchev–Trinajstić information content (AvgIpc) is 2.28. The van der Waals surface area contributed by atoms with Crippen molar-refractivity contribution >= 4 is 17.6 Å². The molecule has 0 aliphatic heterocycles. The van der Waals surface area contributed by atoms with Gasteiger partial charge in [-0.1, -0.05) is 13.8 Å². The van der Waals surface area contributed by atoms with Gasteiger partial charge in [-0.25, -0.2) is 0 Å². The summed E-state index contributed by atoms with van der Waals surface area (Å²) >= 11 is 0. The Kier molecular flexibility index (Phi) is 3.98. The van der Waals surface area contributed by atoms with E-state index in [1.54, 1.807) is 13.8 Å². The molecular weight excluding hydrogens is 242 g/mol. The topological polar surface area (TPSA) is 110 Å². The molecule has 0 fully saturated rings. The molecule has 0 aliphatic rings. The summed E-state index contributed by atoms with van der Waals surface area (Å²) in [6, 6.07) is 3.01. The molecule has 7 heteroatoms. The Bertz CT molecular complexity index is 508. The van der Waals surface area contributed by atoms with E-state index in [0.29, 0.717) is 0 Å². The molecular formula is C11H10NO6-. The van der Waals surface area contributed by atoms with Gasteiger partial charge in [0.1, 0.15) is 5.75 Å². The predicted octanol–water partition coefficient (Wildman–Crippen LogP) is 0.520. The number of hydrogen-bond acceptors (Lipinski definition) is 6. The lowest BCUT2D eigenvalue weighted by Gasteiger charge is -2.09. The van der Waals surface area contributed by atoms with Crippen molar-refractivity contribution in [1.29, 1.82) is 0 Å². The Morgan fingerprint density at radius 2 is 1.94 bits per heavy atom. The number of rotatable bonds is 4. The van der Waals surface area contributed by atoms with Crippen molar-refractivity contribution < 1.29 is 24.4 Å². The van der Waals surface area contributed by atoms with Gasteiger partial charge in [-0.15, -0.1) is 0 Å². The maximum atomic E-state index is 11.3. The van der Waals surface area contributed by atoms with Gasteiger partial charge in [0.05, 0.1) is 22.4 Å². The highest BCUT2D eigenvalue weighted by Crippen LogP contribution is 2.24. The van der Waals surface area contributed by atoms with Crippen molar-refractivity contribution in [2.24, 2.45) is 5.92 Å². The van der Waals surface area contributed by atoms with Crippen LogP contribution in [0, 0.1) is 16.0 Å². The van der Waals surface area contributed by atoms with Crippen molar-refractivity contribution in [3.8, 4) is 5.75 Å². The fourth-order valence-corrected chi connectivity index (χ4v) is 1.14. The number of esters is 1. The van der Waals surface area contributed by atoms with Gasteiger partial charge in [0, 0.05) is 6.07 Å². The molecule has 0 saturated carbocycles. The lowest BCUT2D eigenvalue weighted by Crippen LogP contribution is -2.23. The average molecular weight is 252 g/mol. The number of nitro benzene ring substituents is 1. The zero-order chi connectivity index (χ0) is 13.9. The first-order chi connectivity index (χ1) is 8.32. The van der Waals surface area contributed by atoms with Gasteiger partial charge >= 0.3 is 5.97 Å². The first-order valence-corrected chi connectivity index (χ1v) is 5.04. The van der Waals surface area contributed by atoms with Gasteiger partial charge in [-0.3, -0.25) is 14.9 Å². The second-order valence-corrected chi connectivity index (χ2v) is 3.80. The van der Waals surface area contributed by atoms with E-state index in [0.717, 1.165) is 18.2 Å². The van der Waals surface area contributed by atoms with Gasteiger partial charge in [-0.05, 0) is 12.1 Å². The van der Waals surface area contributed by atoms with Crippen LogP contribution in [0.4, 0.5) is 5.69 Å². The summed E-state index contributed by atoms with van der Waals surface area (Å²) in [7, 11) is 0. The third-order valence-electron chi connectivity index (χ3n) is 2.07. The molecule has 0 heterocycles. The molecule has 0 bridgehead atoms. The maximum absolute atomic E-state index is 11.3. The van der Waals surface area contributed by atoms with Gasteiger partial charge in [0.2, 0.25) is 0 Å². The van der Waals surface area contributed by atoms with E-state index >= 15 is 0 Å². The van der Waals surface area contributed by atoms with Crippen molar-refractivity contribution in [2.45, 2.75) is 13.8 Å². The number of carbonyl (C=O) groups is 2. The normalized spacial score (nSPS) is 10.2. The molecule has 0 radical (unpaired) electrons. The second kappa shape index (κ2) is 5.26. The van der Waals surface area contributed by atoms with E-state index in [-0.39, 0.29) is 5.75 Å². The Hall–Kier alpha value is -2.44. The molecule has 0 aliphatic carbocycles. The fourth-order valence-electron chi connectivity index (χ4n) is 1.14. The van der Waals surface area contributed by atoms with Crippen LogP contribution in [0.15, 0.2) is 18.2 Å². The van der Waals surface area contributed by atoms with Crippen LogP contribution in [-0.4, -0.2) is 16.9 Å². The van der Waals surface area contributed by atoms with Gasteiger partial charge < -0.3 is 14.6 Å². The van der Waals surface area contributed by atoms with Gasteiger partial charge in [0.15, 0.2) is 0 Å². The molecule has 7 nitrogen and oxygen atoms in total. The third-order valence-corrected chi connectivity index (χ3v) is 2.07. The van der Waals surface area contributed by atoms with E-state index in [2.05, 4.69) is 0 Å². The van der Waals surface area contributed by atoms with E-state index < -0.39 is 34.0 Å². The van der Waals surface area contributed by atoms with Crippen LogP contribution in [0.1, 0.15) is 24.2 Å². The summed E-state index contributed by atoms with van der Waals surface area (Å²) < 4.78 is 4.85. The van der Waals surface area contributed by atoms with Crippen LogP contribution in [0.25, 0.3) is 0 Å².